The molecule has 1 amide bonds. The Morgan fingerprint density at radius 1 is 1.23 bits per heavy atom. The summed E-state index contributed by atoms with van der Waals surface area (Å²) in [6.07, 6.45) is 6.45. The molecule has 1 aromatic carbocycles. The molecule has 1 atom stereocenters. The number of amides is 1. The van der Waals surface area contributed by atoms with E-state index in [0.29, 0.717) is 19.5 Å². The molecule has 2 aromatic rings. The Morgan fingerprint density at radius 3 is 2.81 bits per heavy atom. The summed E-state index contributed by atoms with van der Waals surface area (Å²) in [6.45, 7) is 3.10. The lowest BCUT2D eigenvalue weighted by Crippen LogP contribution is -2.54. The van der Waals surface area contributed by atoms with E-state index in [2.05, 4.69) is 15.3 Å². The molecule has 0 bridgehead atoms. The van der Waals surface area contributed by atoms with Crippen LogP contribution in [0.15, 0.2) is 29.1 Å². The molecule has 1 unspecified atom stereocenters. The molecule has 8 nitrogen and oxygen atoms in total. The van der Waals surface area contributed by atoms with Gasteiger partial charge < -0.3 is 10.1 Å². The van der Waals surface area contributed by atoms with Crippen LogP contribution in [-0.2, 0) is 24.3 Å². The lowest BCUT2D eigenvalue weighted by Gasteiger charge is -2.32. The van der Waals surface area contributed by atoms with Gasteiger partial charge >= 0.3 is 5.69 Å². The predicted octanol–water partition coefficient (Wildman–Crippen LogP) is 1.55. The summed E-state index contributed by atoms with van der Waals surface area (Å²) in [6, 6.07) is 7.80. The molecule has 3 aliphatic heterocycles. The molecule has 1 N–H and O–H groups in total. The third kappa shape index (κ3) is 3.67. The van der Waals surface area contributed by atoms with E-state index < -0.39 is 0 Å². The van der Waals surface area contributed by atoms with Gasteiger partial charge in [0.15, 0.2) is 0 Å². The number of hydrogen-bond donors (Lipinski definition) is 1. The maximum atomic E-state index is 13.2. The van der Waals surface area contributed by atoms with Crippen LogP contribution < -0.4 is 15.7 Å². The van der Waals surface area contributed by atoms with Gasteiger partial charge in [-0.15, -0.1) is 0 Å². The molecule has 0 spiro atoms. The minimum Gasteiger partial charge on any atom is -0.497 e. The van der Waals surface area contributed by atoms with Crippen LogP contribution in [0.3, 0.4) is 0 Å². The highest BCUT2D eigenvalue weighted by molar-refractivity contribution is 5.87. The van der Waals surface area contributed by atoms with Crippen LogP contribution in [0.2, 0.25) is 0 Å². The summed E-state index contributed by atoms with van der Waals surface area (Å²) >= 11 is 0. The fourth-order valence-corrected chi connectivity index (χ4v) is 5.62. The first-order valence-electron chi connectivity index (χ1n) is 11.4. The zero-order chi connectivity index (χ0) is 21.4. The van der Waals surface area contributed by atoms with Crippen molar-refractivity contribution in [2.24, 2.45) is 0 Å². The van der Waals surface area contributed by atoms with Crippen LogP contribution in [0.1, 0.15) is 49.9 Å². The van der Waals surface area contributed by atoms with Crippen LogP contribution in [0.25, 0.3) is 0 Å². The van der Waals surface area contributed by atoms with E-state index in [1.165, 1.54) is 4.68 Å². The van der Waals surface area contributed by atoms with Crippen molar-refractivity contribution in [3.8, 4) is 5.75 Å². The number of rotatable bonds is 5. The Bertz CT molecular complexity index is 1020. The van der Waals surface area contributed by atoms with Crippen molar-refractivity contribution in [2.45, 2.75) is 69.6 Å². The minimum absolute atomic E-state index is 0.0823. The third-order valence-corrected chi connectivity index (χ3v) is 7.28. The average molecular weight is 426 g/mol. The highest BCUT2D eigenvalue weighted by Gasteiger charge is 2.50. The van der Waals surface area contributed by atoms with Gasteiger partial charge in [-0.2, -0.15) is 5.10 Å². The molecular weight excluding hydrogens is 394 g/mol. The Balaban J connectivity index is 1.25. The molecule has 2 fully saturated rings. The second-order valence-electron chi connectivity index (χ2n) is 9.08. The summed E-state index contributed by atoms with van der Waals surface area (Å²) in [5.74, 6) is 1.78. The van der Waals surface area contributed by atoms with Crippen molar-refractivity contribution in [3.05, 3.63) is 46.1 Å². The predicted molar refractivity (Wildman–Crippen MR) is 116 cm³/mol. The summed E-state index contributed by atoms with van der Waals surface area (Å²) in [5.41, 5.74) is 0.626. The molecule has 0 aliphatic carbocycles. The van der Waals surface area contributed by atoms with E-state index in [9.17, 15) is 9.59 Å². The van der Waals surface area contributed by atoms with Gasteiger partial charge in [0.1, 0.15) is 17.1 Å². The zero-order valence-corrected chi connectivity index (χ0v) is 18.2. The first kappa shape index (κ1) is 20.3. The van der Waals surface area contributed by atoms with Crippen LogP contribution in [0.4, 0.5) is 0 Å². The summed E-state index contributed by atoms with van der Waals surface area (Å²) in [7, 11) is 1.63. The van der Waals surface area contributed by atoms with Gasteiger partial charge in [-0.25, -0.2) is 9.48 Å². The summed E-state index contributed by atoms with van der Waals surface area (Å²) in [5, 5.41) is 7.94. The number of hydrogen-bond acceptors (Lipinski definition) is 5. The molecule has 4 heterocycles. The molecule has 5 rings (SSSR count). The highest BCUT2D eigenvalue weighted by Crippen LogP contribution is 2.39. The number of aromatic nitrogens is 3. The molecule has 0 radical (unpaired) electrons. The second-order valence-corrected chi connectivity index (χ2v) is 9.08. The number of ether oxygens (including phenoxy) is 1. The number of nitrogens with one attached hydrogen (secondary N) is 1. The fraction of sp³-hybridized carbons (Fsp3) is 0.609. The lowest BCUT2D eigenvalue weighted by molar-refractivity contribution is -0.131. The Labute approximate surface area is 182 Å². The number of carbonyl (C=O) groups is 1. The van der Waals surface area contributed by atoms with Gasteiger partial charge in [0, 0.05) is 19.0 Å². The first-order valence-corrected chi connectivity index (χ1v) is 11.4. The molecular formula is C23H31N5O3. The van der Waals surface area contributed by atoms with Crippen molar-refractivity contribution >= 4 is 5.91 Å². The number of carbonyl (C=O) groups excluding carboxylic acids is 1. The summed E-state index contributed by atoms with van der Waals surface area (Å²) in [4.78, 5) is 28.5. The van der Waals surface area contributed by atoms with Gasteiger partial charge in [0.25, 0.3) is 0 Å². The third-order valence-electron chi connectivity index (χ3n) is 7.28. The van der Waals surface area contributed by atoms with Crippen molar-refractivity contribution in [1.82, 2.24) is 24.6 Å². The monoisotopic (exact) mass is 425 g/mol. The number of fused-ring (bicyclic) bond motifs is 2. The smallest absolute Gasteiger partial charge is 0.346 e. The van der Waals surface area contributed by atoms with E-state index in [0.717, 1.165) is 68.8 Å². The number of aryl methyl sites for hydroxylation is 1. The highest BCUT2D eigenvalue weighted by atomic mass is 16.5. The molecule has 31 heavy (non-hydrogen) atoms. The summed E-state index contributed by atoms with van der Waals surface area (Å²) < 4.78 is 8.59. The van der Waals surface area contributed by atoms with Crippen molar-refractivity contribution in [1.29, 1.82) is 0 Å². The van der Waals surface area contributed by atoms with Gasteiger partial charge in [-0.1, -0.05) is 12.1 Å². The minimum atomic E-state index is -0.274. The fourth-order valence-electron chi connectivity index (χ4n) is 5.62. The van der Waals surface area contributed by atoms with Crippen molar-refractivity contribution in [3.63, 3.8) is 0 Å². The van der Waals surface area contributed by atoms with Crippen molar-refractivity contribution < 1.29 is 9.53 Å². The normalized spacial score (nSPS) is 22.5. The van der Waals surface area contributed by atoms with Crippen LogP contribution in [0, 0.1) is 0 Å². The molecule has 3 aliphatic rings. The molecule has 0 saturated carbocycles. The lowest BCUT2D eigenvalue weighted by atomic mass is 9.92. The molecule has 1 aromatic heterocycles. The van der Waals surface area contributed by atoms with Crippen LogP contribution >= 0.6 is 0 Å². The Kier molecular flexibility index (Phi) is 5.33. The van der Waals surface area contributed by atoms with E-state index >= 15 is 0 Å². The first-order chi connectivity index (χ1) is 15.1. The van der Waals surface area contributed by atoms with Crippen LogP contribution in [-0.4, -0.2) is 56.9 Å². The van der Waals surface area contributed by atoms with E-state index in [-0.39, 0.29) is 23.2 Å². The van der Waals surface area contributed by atoms with E-state index in [4.69, 9.17) is 4.74 Å². The van der Waals surface area contributed by atoms with Crippen LogP contribution in [0.5, 0.6) is 5.75 Å². The maximum Gasteiger partial charge on any atom is 0.346 e. The van der Waals surface area contributed by atoms with E-state index in [1.54, 1.807) is 11.7 Å². The maximum absolute atomic E-state index is 13.2. The van der Waals surface area contributed by atoms with E-state index in [1.807, 2.05) is 24.3 Å². The largest absolute Gasteiger partial charge is 0.497 e. The number of benzene rings is 1. The zero-order valence-electron chi connectivity index (χ0n) is 18.2. The second kappa shape index (κ2) is 8.15. The molecule has 166 valence electrons. The topological polar surface area (TPSA) is 81.4 Å². The number of nitrogens with zero attached hydrogens (tertiary/aromatic N) is 4. The van der Waals surface area contributed by atoms with Gasteiger partial charge in [0.2, 0.25) is 5.91 Å². The Morgan fingerprint density at radius 2 is 2.03 bits per heavy atom. The quantitative estimate of drug-likeness (QED) is 0.786. The Hall–Kier alpha value is -2.61. The standard InChI is InChI=1S/C23H31N5O3/c1-31-19-6-2-5-17(15-19)16-28-22(30)27-14-9-18(7-8-20(27)25-28)24-21(29)23-10-3-12-26(23)13-4-11-23/h2,5-6,15,18H,3-4,7-14,16H2,1H3,(H,24,29). The molecule has 2 saturated heterocycles. The van der Waals surface area contributed by atoms with Gasteiger partial charge in [-0.3, -0.25) is 14.3 Å². The molecule has 8 heteroatoms. The average Bonchev–Trinajstić information content (AvgIpc) is 3.40. The van der Waals surface area contributed by atoms with Gasteiger partial charge in [-0.05, 0) is 69.3 Å². The number of methoxy groups -OCH3 is 1. The SMILES string of the molecule is COc1cccc(Cn2nc3n(c2=O)CCC(NC(=O)C24CCCN2CCC4)CC3)c1. The van der Waals surface area contributed by atoms with Gasteiger partial charge in [0.05, 0.1) is 13.7 Å². The van der Waals surface area contributed by atoms with Crippen molar-refractivity contribution in [2.75, 3.05) is 20.2 Å².